The number of hydrogen-bond acceptors (Lipinski definition) is 2. The highest BCUT2D eigenvalue weighted by atomic mass is 35.5. The van der Waals surface area contributed by atoms with E-state index in [0.29, 0.717) is 0 Å². The summed E-state index contributed by atoms with van der Waals surface area (Å²) in [6, 6.07) is 10.2. The first-order valence-electron chi connectivity index (χ1n) is 5.61. The van der Waals surface area contributed by atoms with Crippen LogP contribution in [-0.2, 0) is 4.79 Å². The topological polar surface area (TPSA) is 20.3 Å². The van der Waals surface area contributed by atoms with E-state index in [2.05, 4.69) is 24.1 Å². The van der Waals surface area contributed by atoms with E-state index in [0.717, 1.165) is 19.5 Å². The summed E-state index contributed by atoms with van der Waals surface area (Å²) >= 11 is 5.69. The molecule has 0 bridgehead atoms. The van der Waals surface area contributed by atoms with Gasteiger partial charge in [-0.05, 0) is 37.2 Å². The summed E-state index contributed by atoms with van der Waals surface area (Å²) in [5.74, 6) is 0.213. The van der Waals surface area contributed by atoms with Crippen molar-refractivity contribution in [3.8, 4) is 0 Å². The molecule has 86 valence electrons. The molecule has 3 heteroatoms. The molecule has 16 heavy (non-hydrogen) atoms. The van der Waals surface area contributed by atoms with Crippen LogP contribution in [0.5, 0.6) is 0 Å². The van der Waals surface area contributed by atoms with E-state index in [1.54, 1.807) is 0 Å². The number of likely N-dealkylation sites (N-methyl/N-ethyl adjacent to an activating group) is 1. The van der Waals surface area contributed by atoms with Crippen LogP contribution in [0.1, 0.15) is 17.9 Å². The van der Waals surface area contributed by atoms with Crippen molar-refractivity contribution in [1.82, 2.24) is 4.90 Å². The van der Waals surface area contributed by atoms with E-state index in [-0.39, 0.29) is 17.1 Å². The van der Waals surface area contributed by atoms with E-state index in [9.17, 15) is 4.79 Å². The zero-order chi connectivity index (χ0) is 11.5. The molecule has 0 aliphatic carbocycles. The van der Waals surface area contributed by atoms with Crippen LogP contribution >= 0.6 is 11.6 Å². The molecule has 1 heterocycles. The van der Waals surface area contributed by atoms with Gasteiger partial charge in [0.2, 0.25) is 5.24 Å². The fraction of sp³-hybridized carbons (Fsp3) is 0.462. The van der Waals surface area contributed by atoms with Gasteiger partial charge in [0.1, 0.15) is 0 Å². The van der Waals surface area contributed by atoms with Gasteiger partial charge in [-0.15, -0.1) is 0 Å². The standard InChI is InChI=1S/C13H16ClNO/c1-15-8-7-11(13(14)16)12(9-15)10-5-3-2-4-6-10/h2-6,11-12H,7-9H2,1H3/t11-,12+/m0/s1. The van der Waals surface area contributed by atoms with Gasteiger partial charge in [-0.3, -0.25) is 4.79 Å². The van der Waals surface area contributed by atoms with Crippen molar-refractivity contribution in [3.05, 3.63) is 35.9 Å². The number of nitrogens with zero attached hydrogens (tertiary/aromatic N) is 1. The second kappa shape index (κ2) is 4.98. The maximum absolute atomic E-state index is 11.4. The van der Waals surface area contributed by atoms with E-state index < -0.39 is 0 Å². The molecule has 1 aromatic rings. The third-order valence-corrected chi connectivity index (χ3v) is 3.62. The number of piperidine rings is 1. The van der Waals surface area contributed by atoms with Crippen LogP contribution in [0.15, 0.2) is 30.3 Å². The maximum Gasteiger partial charge on any atom is 0.225 e. The van der Waals surface area contributed by atoms with Gasteiger partial charge in [0.15, 0.2) is 0 Å². The molecule has 2 nitrogen and oxygen atoms in total. The minimum absolute atomic E-state index is 0.0275. The fourth-order valence-corrected chi connectivity index (χ4v) is 2.69. The normalized spacial score (nSPS) is 26.6. The molecule has 2 atom stereocenters. The summed E-state index contributed by atoms with van der Waals surface area (Å²) in [4.78, 5) is 13.7. The summed E-state index contributed by atoms with van der Waals surface area (Å²) in [5, 5.41) is -0.193. The highest BCUT2D eigenvalue weighted by Gasteiger charge is 2.32. The van der Waals surface area contributed by atoms with Crippen LogP contribution in [0.2, 0.25) is 0 Å². The van der Waals surface area contributed by atoms with E-state index in [1.165, 1.54) is 5.56 Å². The monoisotopic (exact) mass is 237 g/mol. The molecule has 1 fully saturated rings. The summed E-state index contributed by atoms with van der Waals surface area (Å²) in [5.41, 5.74) is 1.22. The van der Waals surface area contributed by atoms with Crippen molar-refractivity contribution in [2.24, 2.45) is 5.92 Å². The molecule has 0 radical (unpaired) electrons. The fourth-order valence-electron chi connectivity index (χ4n) is 2.42. The number of hydrogen-bond donors (Lipinski definition) is 0. The Labute approximate surface area is 101 Å². The van der Waals surface area contributed by atoms with Crippen molar-refractivity contribution >= 4 is 16.8 Å². The Morgan fingerprint density at radius 3 is 2.69 bits per heavy atom. The Hall–Kier alpha value is -0.860. The smallest absolute Gasteiger partial charge is 0.225 e. The van der Waals surface area contributed by atoms with Gasteiger partial charge in [-0.25, -0.2) is 0 Å². The summed E-state index contributed by atoms with van der Waals surface area (Å²) in [7, 11) is 2.09. The highest BCUT2D eigenvalue weighted by molar-refractivity contribution is 6.64. The lowest BCUT2D eigenvalue weighted by molar-refractivity contribution is -0.117. The predicted octanol–water partition coefficient (Wildman–Crippen LogP) is 2.49. The quantitative estimate of drug-likeness (QED) is 0.737. The van der Waals surface area contributed by atoms with Crippen molar-refractivity contribution in [1.29, 1.82) is 0 Å². The third kappa shape index (κ3) is 2.45. The second-order valence-corrected chi connectivity index (χ2v) is 4.85. The van der Waals surface area contributed by atoms with E-state index in [1.807, 2.05) is 18.2 Å². The first-order chi connectivity index (χ1) is 7.68. The zero-order valence-electron chi connectivity index (χ0n) is 9.40. The number of rotatable bonds is 2. The molecule has 2 rings (SSSR count). The third-order valence-electron chi connectivity index (χ3n) is 3.34. The Bertz CT molecular complexity index is 365. The predicted molar refractivity (Wildman–Crippen MR) is 65.6 cm³/mol. The van der Waals surface area contributed by atoms with Crippen LogP contribution < -0.4 is 0 Å². The molecule has 0 aromatic heterocycles. The molecule has 1 saturated heterocycles. The first-order valence-corrected chi connectivity index (χ1v) is 5.99. The van der Waals surface area contributed by atoms with Gasteiger partial charge >= 0.3 is 0 Å². The average molecular weight is 238 g/mol. The van der Waals surface area contributed by atoms with E-state index in [4.69, 9.17) is 11.6 Å². The van der Waals surface area contributed by atoms with Gasteiger partial charge in [0.05, 0.1) is 0 Å². The number of benzene rings is 1. The average Bonchev–Trinajstić information content (AvgIpc) is 2.29. The van der Waals surface area contributed by atoms with Crippen molar-refractivity contribution in [2.75, 3.05) is 20.1 Å². The van der Waals surface area contributed by atoms with Crippen LogP contribution in [-0.4, -0.2) is 30.3 Å². The Morgan fingerprint density at radius 2 is 2.06 bits per heavy atom. The van der Waals surface area contributed by atoms with Gasteiger partial charge in [0, 0.05) is 18.4 Å². The van der Waals surface area contributed by atoms with Crippen molar-refractivity contribution < 1.29 is 4.79 Å². The molecule has 0 amide bonds. The molecule has 0 unspecified atom stereocenters. The lowest BCUT2D eigenvalue weighted by Crippen LogP contribution is -2.38. The number of likely N-dealkylation sites (tertiary alicyclic amines) is 1. The molecule has 0 N–H and O–H groups in total. The number of carbonyl (C=O) groups excluding carboxylic acids is 1. The number of halogens is 1. The zero-order valence-corrected chi connectivity index (χ0v) is 10.2. The lowest BCUT2D eigenvalue weighted by atomic mass is 9.81. The molecule has 1 aliphatic heterocycles. The number of carbonyl (C=O) groups is 1. The minimum atomic E-state index is -0.193. The molecular formula is C13H16ClNO. The maximum atomic E-state index is 11.4. The van der Waals surface area contributed by atoms with Gasteiger partial charge in [-0.2, -0.15) is 0 Å². The molecule has 1 aromatic carbocycles. The highest BCUT2D eigenvalue weighted by Crippen LogP contribution is 2.33. The van der Waals surface area contributed by atoms with Crippen LogP contribution in [0.3, 0.4) is 0 Å². The Morgan fingerprint density at radius 1 is 1.38 bits per heavy atom. The summed E-state index contributed by atoms with van der Waals surface area (Å²) in [6.45, 7) is 1.86. The summed E-state index contributed by atoms with van der Waals surface area (Å²) < 4.78 is 0. The van der Waals surface area contributed by atoms with Gasteiger partial charge in [0.25, 0.3) is 0 Å². The lowest BCUT2D eigenvalue weighted by Gasteiger charge is -2.35. The first kappa shape index (κ1) is 11.6. The molecule has 0 saturated carbocycles. The Kier molecular flexibility index (Phi) is 3.62. The largest absolute Gasteiger partial charge is 0.306 e. The van der Waals surface area contributed by atoms with Crippen LogP contribution in [0.4, 0.5) is 0 Å². The summed E-state index contributed by atoms with van der Waals surface area (Å²) in [6.07, 6.45) is 0.860. The van der Waals surface area contributed by atoms with Crippen molar-refractivity contribution in [3.63, 3.8) is 0 Å². The minimum Gasteiger partial charge on any atom is -0.306 e. The van der Waals surface area contributed by atoms with Gasteiger partial charge in [-0.1, -0.05) is 30.3 Å². The second-order valence-electron chi connectivity index (χ2n) is 4.48. The van der Waals surface area contributed by atoms with Crippen molar-refractivity contribution in [2.45, 2.75) is 12.3 Å². The van der Waals surface area contributed by atoms with Crippen LogP contribution in [0.25, 0.3) is 0 Å². The molecule has 0 spiro atoms. The molecule has 1 aliphatic rings. The van der Waals surface area contributed by atoms with E-state index >= 15 is 0 Å². The SMILES string of the molecule is CN1CC[C@H](C(=O)Cl)[C@@H](c2ccccc2)C1. The van der Waals surface area contributed by atoms with Gasteiger partial charge < -0.3 is 4.90 Å². The molecular weight excluding hydrogens is 222 g/mol. The Balaban J connectivity index is 2.24. The van der Waals surface area contributed by atoms with Crippen LogP contribution in [0, 0.1) is 5.92 Å².